The summed E-state index contributed by atoms with van der Waals surface area (Å²) in [6, 6.07) is 2.98. The van der Waals surface area contributed by atoms with Gasteiger partial charge < -0.3 is 43.0 Å². The van der Waals surface area contributed by atoms with Crippen LogP contribution in [0.15, 0.2) is 17.7 Å². The van der Waals surface area contributed by atoms with E-state index in [9.17, 15) is 29.1 Å². The van der Waals surface area contributed by atoms with Gasteiger partial charge in [0.15, 0.2) is 23.7 Å². The van der Waals surface area contributed by atoms with Crippen LogP contribution in [0.3, 0.4) is 0 Å². The molecular weight excluding hydrogens is 548 g/mol. The Bertz CT molecular complexity index is 1150. The molecule has 14 heteroatoms. The fourth-order valence-corrected chi connectivity index (χ4v) is 4.02. The molecule has 0 aromatic heterocycles. The average Bonchev–Trinajstić information content (AvgIpc) is 2.88. The fraction of sp³-hybridized carbons (Fsp3) is 0.519. The molecule has 0 spiro atoms. The van der Waals surface area contributed by atoms with Crippen LogP contribution in [0.1, 0.15) is 46.6 Å². The molecule has 0 unspecified atom stereocenters. The molecule has 0 aliphatic carbocycles. The number of benzene rings is 1. The van der Waals surface area contributed by atoms with Crippen molar-refractivity contribution in [2.24, 2.45) is 0 Å². The molecule has 1 aromatic carbocycles. The molecule has 1 N–H and O–H groups in total. The highest BCUT2D eigenvalue weighted by Crippen LogP contribution is 2.42. The third-order valence-electron chi connectivity index (χ3n) is 5.66. The van der Waals surface area contributed by atoms with E-state index in [0.29, 0.717) is 5.56 Å². The monoisotopic (exact) mass is 582 g/mol. The van der Waals surface area contributed by atoms with E-state index >= 15 is 0 Å². The maximum Gasteiger partial charge on any atom is 0.331 e. The van der Waals surface area contributed by atoms with Gasteiger partial charge >= 0.3 is 29.8 Å². The van der Waals surface area contributed by atoms with Crippen molar-refractivity contribution in [1.29, 1.82) is 0 Å². The van der Waals surface area contributed by atoms with Crippen LogP contribution in [0.4, 0.5) is 0 Å². The highest BCUT2D eigenvalue weighted by molar-refractivity contribution is 5.92. The summed E-state index contributed by atoms with van der Waals surface area (Å²) in [5, 5.41) is 9.41. The summed E-state index contributed by atoms with van der Waals surface area (Å²) < 4.78 is 44.2. The third-order valence-corrected chi connectivity index (χ3v) is 5.66. The molecule has 41 heavy (non-hydrogen) atoms. The summed E-state index contributed by atoms with van der Waals surface area (Å²) in [6.07, 6.45) is -5.37. The molecule has 226 valence electrons. The minimum atomic E-state index is -1.54. The van der Waals surface area contributed by atoms with Crippen molar-refractivity contribution in [3.05, 3.63) is 23.3 Å². The SMILES string of the molecule is CCC(=Cc1cc(OC)c(O[C@H]2O[C@H](COC(C)=O)[C@@H](OC(C)=O)[C@H](OC(C)=O)[C@@H]2OC(C)=O)c(OC)c1)C(=O)O. The van der Waals surface area contributed by atoms with Gasteiger partial charge in [-0.1, -0.05) is 6.92 Å². The Balaban J connectivity index is 2.65. The highest BCUT2D eigenvalue weighted by atomic mass is 16.7. The number of carboxylic acid groups (broad SMARTS) is 1. The zero-order valence-electron chi connectivity index (χ0n) is 23.8. The smallest absolute Gasteiger partial charge is 0.331 e. The zero-order valence-corrected chi connectivity index (χ0v) is 23.8. The number of carboxylic acids is 1. The van der Waals surface area contributed by atoms with Gasteiger partial charge in [0.1, 0.15) is 12.7 Å². The Morgan fingerprint density at radius 1 is 0.829 bits per heavy atom. The first-order valence-electron chi connectivity index (χ1n) is 12.5. The van der Waals surface area contributed by atoms with Crippen LogP contribution in [0.25, 0.3) is 6.08 Å². The summed E-state index contributed by atoms with van der Waals surface area (Å²) in [5.41, 5.74) is 0.550. The molecule has 1 aliphatic heterocycles. The van der Waals surface area contributed by atoms with E-state index in [0.717, 1.165) is 27.7 Å². The van der Waals surface area contributed by atoms with Crippen molar-refractivity contribution >= 4 is 35.9 Å². The van der Waals surface area contributed by atoms with Crippen LogP contribution in [0.5, 0.6) is 17.2 Å². The molecule has 1 heterocycles. The molecule has 0 radical (unpaired) electrons. The van der Waals surface area contributed by atoms with E-state index in [1.54, 1.807) is 6.92 Å². The van der Waals surface area contributed by atoms with Gasteiger partial charge in [-0.2, -0.15) is 0 Å². The van der Waals surface area contributed by atoms with Crippen LogP contribution < -0.4 is 14.2 Å². The van der Waals surface area contributed by atoms with E-state index in [1.807, 2.05) is 0 Å². The normalized spacial score (nSPS) is 22.1. The second kappa shape index (κ2) is 14.9. The van der Waals surface area contributed by atoms with E-state index in [4.69, 9.17) is 37.9 Å². The summed E-state index contributed by atoms with van der Waals surface area (Å²) in [4.78, 5) is 59.1. The Morgan fingerprint density at radius 2 is 1.34 bits per heavy atom. The first-order chi connectivity index (χ1) is 19.3. The van der Waals surface area contributed by atoms with Crippen LogP contribution in [0, 0.1) is 0 Å². The van der Waals surface area contributed by atoms with Crippen molar-refractivity contribution in [2.75, 3.05) is 20.8 Å². The molecule has 14 nitrogen and oxygen atoms in total. The number of hydrogen-bond donors (Lipinski definition) is 1. The number of esters is 4. The van der Waals surface area contributed by atoms with Crippen LogP contribution in [-0.4, -0.2) is 86.5 Å². The lowest BCUT2D eigenvalue weighted by Crippen LogP contribution is -2.63. The lowest BCUT2D eigenvalue weighted by Gasteiger charge is -2.44. The van der Waals surface area contributed by atoms with E-state index in [1.165, 1.54) is 32.4 Å². The number of rotatable bonds is 12. The molecule has 1 fully saturated rings. The summed E-state index contributed by atoms with van der Waals surface area (Å²) in [6.45, 7) is 5.72. The van der Waals surface area contributed by atoms with Crippen molar-refractivity contribution in [3.63, 3.8) is 0 Å². The maximum absolute atomic E-state index is 12.1. The van der Waals surface area contributed by atoms with Crippen molar-refractivity contribution in [3.8, 4) is 17.2 Å². The Hall–Kier alpha value is -4.33. The predicted octanol–water partition coefficient (Wildman–Crippen LogP) is 2.04. The largest absolute Gasteiger partial charge is 0.493 e. The molecule has 1 aromatic rings. The van der Waals surface area contributed by atoms with Crippen molar-refractivity contribution < 1.29 is 67.0 Å². The molecule has 1 aliphatic rings. The van der Waals surface area contributed by atoms with E-state index in [-0.39, 0.29) is 29.2 Å². The number of carbonyl (C=O) groups excluding carboxylic acids is 4. The lowest BCUT2D eigenvalue weighted by molar-refractivity contribution is -0.288. The second-order valence-electron chi connectivity index (χ2n) is 8.77. The molecule has 1 saturated heterocycles. The van der Waals surface area contributed by atoms with Gasteiger partial charge in [-0.3, -0.25) is 19.2 Å². The van der Waals surface area contributed by atoms with Gasteiger partial charge in [0, 0.05) is 33.3 Å². The van der Waals surface area contributed by atoms with Gasteiger partial charge in [-0.25, -0.2) is 4.79 Å². The minimum absolute atomic E-state index is 0.0403. The summed E-state index contributed by atoms with van der Waals surface area (Å²) in [5.74, 6) is -4.00. The fourth-order valence-electron chi connectivity index (χ4n) is 4.02. The van der Waals surface area contributed by atoms with E-state index < -0.39 is 67.2 Å². The topological polar surface area (TPSA) is 179 Å². The van der Waals surface area contributed by atoms with Crippen molar-refractivity contribution in [1.82, 2.24) is 0 Å². The van der Waals surface area contributed by atoms with Gasteiger partial charge in [-0.05, 0) is 30.2 Å². The van der Waals surface area contributed by atoms with Gasteiger partial charge in [0.2, 0.25) is 18.1 Å². The van der Waals surface area contributed by atoms with Gasteiger partial charge in [-0.15, -0.1) is 0 Å². The standard InChI is InChI=1S/C27H34O14/c1-8-18(26(32)33)9-17-10-19(34-6)22(20(11-17)35-7)41-27-25(39-16(5)31)24(38-15(4)30)23(37-14(3)29)21(40-27)12-36-13(2)28/h9-11,21,23-25,27H,8,12H2,1-7H3,(H,32,33)/t21-,23-,24+,25+,27-/m1/s1. The first-order valence-corrected chi connectivity index (χ1v) is 12.5. The summed E-state index contributed by atoms with van der Waals surface area (Å²) in [7, 11) is 2.67. The maximum atomic E-state index is 12.1. The second-order valence-corrected chi connectivity index (χ2v) is 8.77. The van der Waals surface area contributed by atoms with Crippen LogP contribution in [0.2, 0.25) is 0 Å². The Labute approximate surface area is 236 Å². The molecule has 5 atom stereocenters. The highest BCUT2D eigenvalue weighted by Gasteiger charge is 2.53. The third kappa shape index (κ3) is 9.10. The quantitative estimate of drug-likeness (QED) is 0.215. The van der Waals surface area contributed by atoms with Crippen LogP contribution >= 0.6 is 0 Å². The number of methoxy groups -OCH3 is 2. The zero-order chi connectivity index (χ0) is 30.9. The lowest BCUT2D eigenvalue weighted by atomic mass is 9.98. The predicted molar refractivity (Wildman–Crippen MR) is 138 cm³/mol. The molecule has 0 saturated carbocycles. The molecule has 2 rings (SSSR count). The molecular formula is C27H34O14. The number of aliphatic carboxylic acids is 1. The number of carbonyl (C=O) groups is 5. The number of hydrogen-bond acceptors (Lipinski definition) is 13. The molecule has 0 bridgehead atoms. The molecule has 0 amide bonds. The number of ether oxygens (including phenoxy) is 8. The summed E-state index contributed by atoms with van der Waals surface area (Å²) >= 11 is 0. The van der Waals surface area contributed by atoms with E-state index in [2.05, 4.69) is 0 Å². The Kier molecular flexibility index (Phi) is 11.9. The van der Waals surface area contributed by atoms with Crippen molar-refractivity contribution in [2.45, 2.75) is 71.7 Å². The Morgan fingerprint density at radius 3 is 1.78 bits per heavy atom. The van der Waals surface area contributed by atoms with Crippen LogP contribution in [-0.2, 0) is 47.7 Å². The first kappa shape index (κ1) is 32.9. The van der Waals surface area contributed by atoms with Gasteiger partial charge in [0.05, 0.1) is 14.2 Å². The average molecular weight is 583 g/mol. The van der Waals surface area contributed by atoms with Gasteiger partial charge in [0.25, 0.3) is 0 Å². The minimum Gasteiger partial charge on any atom is -0.493 e.